The van der Waals surface area contributed by atoms with Crippen molar-refractivity contribution in [2.45, 2.75) is 66.1 Å². The monoisotopic (exact) mass is 336 g/mol. The second-order valence-electron chi connectivity index (χ2n) is 5.84. The van der Waals surface area contributed by atoms with Crippen molar-refractivity contribution in [3.63, 3.8) is 0 Å². The van der Waals surface area contributed by atoms with Gasteiger partial charge in [0.15, 0.2) is 5.65 Å². The Morgan fingerprint density at radius 3 is 2.35 bits per heavy atom. The molecule has 0 aliphatic carbocycles. The van der Waals surface area contributed by atoms with Crippen LogP contribution in [0.1, 0.15) is 46.5 Å². The van der Waals surface area contributed by atoms with Gasteiger partial charge in [-0.2, -0.15) is 0 Å². The van der Waals surface area contributed by atoms with Gasteiger partial charge in [0, 0.05) is 13.1 Å². The zero-order chi connectivity index (χ0) is 17.0. The molecule has 2 heterocycles. The van der Waals surface area contributed by atoms with Gasteiger partial charge in [0.1, 0.15) is 15.9 Å². The molecule has 6 nitrogen and oxygen atoms in total. The summed E-state index contributed by atoms with van der Waals surface area (Å²) in [6.45, 7) is 7.14. The number of fused-ring (bicyclic) bond motifs is 1. The van der Waals surface area contributed by atoms with E-state index in [2.05, 4.69) is 18.8 Å². The molecule has 0 atom stereocenters. The van der Waals surface area contributed by atoms with Gasteiger partial charge in [-0.15, -0.1) is 0 Å². The Balaban J connectivity index is 2.71. The maximum atomic E-state index is 12.8. The standard InChI is InChI=1S/C16H24N4O2S/c1-4-6-8-19-14-13(18(11-17-14)10-12(3)21)15(23)20(16(19)22)9-7-5-2/h11H,4-10H2,1-3H3. The normalized spacial score (nSPS) is 11.3. The van der Waals surface area contributed by atoms with Crippen molar-refractivity contribution in [1.29, 1.82) is 0 Å². The van der Waals surface area contributed by atoms with Crippen molar-refractivity contribution in [2.75, 3.05) is 0 Å². The maximum Gasteiger partial charge on any atom is 0.330 e. The van der Waals surface area contributed by atoms with E-state index in [0.29, 0.717) is 28.9 Å². The van der Waals surface area contributed by atoms with Gasteiger partial charge in [-0.3, -0.25) is 13.9 Å². The molecular weight excluding hydrogens is 312 g/mol. The summed E-state index contributed by atoms with van der Waals surface area (Å²) in [5.41, 5.74) is 1.20. The number of aryl methyl sites for hydroxylation is 1. The molecule has 0 bridgehead atoms. The highest BCUT2D eigenvalue weighted by molar-refractivity contribution is 7.71. The van der Waals surface area contributed by atoms with Crippen LogP contribution in [0.5, 0.6) is 0 Å². The number of Topliss-reactive ketones (excluding diaryl/α,β-unsaturated/α-hetero) is 1. The van der Waals surface area contributed by atoms with E-state index in [4.69, 9.17) is 12.2 Å². The Bertz CT molecular complexity index is 816. The van der Waals surface area contributed by atoms with E-state index in [0.717, 1.165) is 25.7 Å². The minimum absolute atomic E-state index is 0.0325. The fourth-order valence-electron chi connectivity index (χ4n) is 2.63. The molecule has 126 valence electrons. The summed E-state index contributed by atoms with van der Waals surface area (Å²) in [6, 6.07) is 0. The highest BCUT2D eigenvalue weighted by Crippen LogP contribution is 2.14. The van der Waals surface area contributed by atoms with E-state index in [1.165, 1.54) is 6.92 Å². The van der Waals surface area contributed by atoms with Crippen LogP contribution in [0.15, 0.2) is 11.1 Å². The van der Waals surface area contributed by atoms with E-state index >= 15 is 0 Å². The Hall–Kier alpha value is -1.76. The number of aromatic nitrogens is 4. The largest absolute Gasteiger partial charge is 0.330 e. The van der Waals surface area contributed by atoms with Crippen LogP contribution in [0.3, 0.4) is 0 Å². The van der Waals surface area contributed by atoms with Crippen LogP contribution < -0.4 is 5.69 Å². The molecule has 0 N–H and O–H groups in total. The van der Waals surface area contributed by atoms with Gasteiger partial charge in [0.05, 0.1) is 12.9 Å². The van der Waals surface area contributed by atoms with Crippen molar-refractivity contribution >= 4 is 29.2 Å². The third kappa shape index (κ3) is 3.60. The van der Waals surface area contributed by atoms with E-state index in [9.17, 15) is 9.59 Å². The van der Waals surface area contributed by atoms with Gasteiger partial charge >= 0.3 is 5.69 Å². The van der Waals surface area contributed by atoms with Gasteiger partial charge in [0.25, 0.3) is 0 Å². The first-order valence-corrected chi connectivity index (χ1v) is 8.60. The number of nitrogens with zero attached hydrogens (tertiary/aromatic N) is 4. The van der Waals surface area contributed by atoms with Crippen molar-refractivity contribution < 1.29 is 4.79 Å². The summed E-state index contributed by atoms with van der Waals surface area (Å²) in [5.74, 6) is 0.0325. The van der Waals surface area contributed by atoms with E-state index in [1.807, 2.05) is 0 Å². The van der Waals surface area contributed by atoms with E-state index < -0.39 is 0 Å². The van der Waals surface area contributed by atoms with Crippen LogP contribution in [-0.2, 0) is 24.4 Å². The average molecular weight is 336 g/mol. The zero-order valence-corrected chi connectivity index (χ0v) is 14.9. The predicted molar refractivity (Wildman–Crippen MR) is 93.3 cm³/mol. The summed E-state index contributed by atoms with van der Waals surface area (Å²) in [4.78, 5) is 28.6. The number of hydrogen-bond donors (Lipinski definition) is 0. The molecule has 0 amide bonds. The van der Waals surface area contributed by atoms with Gasteiger partial charge in [-0.1, -0.05) is 38.9 Å². The third-order valence-electron chi connectivity index (χ3n) is 3.85. The Morgan fingerprint density at radius 1 is 1.17 bits per heavy atom. The summed E-state index contributed by atoms with van der Waals surface area (Å²) in [7, 11) is 0. The highest BCUT2D eigenvalue weighted by atomic mass is 32.1. The van der Waals surface area contributed by atoms with Crippen LogP contribution in [0.2, 0.25) is 0 Å². The smallest absolute Gasteiger partial charge is 0.319 e. The molecule has 2 aromatic heterocycles. The maximum absolute atomic E-state index is 12.8. The second-order valence-corrected chi connectivity index (χ2v) is 6.23. The number of ketones is 1. The molecule has 2 aromatic rings. The van der Waals surface area contributed by atoms with Crippen LogP contribution in [-0.4, -0.2) is 24.5 Å². The van der Waals surface area contributed by atoms with Crippen LogP contribution in [0, 0.1) is 4.64 Å². The number of imidazole rings is 1. The lowest BCUT2D eigenvalue weighted by Crippen LogP contribution is -2.32. The SMILES string of the molecule is CCCCn1c(=S)c2c(ncn2CC(C)=O)n(CCCC)c1=O. The Labute approximate surface area is 140 Å². The summed E-state index contributed by atoms with van der Waals surface area (Å²) >= 11 is 5.54. The fraction of sp³-hybridized carbons (Fsp3) is 0.625. The van der Waals surface area contributed by atoms with E-state index in [-0.39, 0.29) is 18.0 Å². The first-order valence-electron chi connectivity index (χ1n) is 8.19. The Kier molecular flexibility index (Phi) is 5.87. The molecule has 0 radical (unpaired) electrons. The van der Waals surface area contributed by atoms with Crippen molar-refractivity contribution in [3.8, 4) is 0 Å². The van der Waals surface area contributed by atoms with Crippen molar-refractivity contribution in [3.05, 3.63) is 21.5 Å². The van der Waals surface area contributed by atoms with Crippen LogP contribution in [0.25, 0.3) is 11.2 Å². The lowest BCUT2D eigenvalue weighted by atomic mass is 10.3. The Morgan fingerprint density at radius 2 is 1.78 bits per heavy atom. The third-order valence-corrected chi connectivity index (χ3v) is 4.26. The molecule has 23 heavy (non-hydrogen) atoms. The number of hydrogen-bond acceptors (Lipinski definition) is 4. The minimum Gasteiger partial charge on any atom is -0.319 e. The van der Waals surface area contributed by atoms with Gasteiger partial charge in [-0.25, -0.2) is 9.78 Å². The molecule has 0 fully saturated rings. The predicted octanol–water partition coefficient (Wildman–Crippen LogP) is 2.92. The van der Waals surface area contributed by atoms with Crippen LogP contribution >= 0.6 is 12.2 Å². The minimum atomic E-state index is -0.0996. The quantitative estimate of drug-likeness (QED) is 0.695. The highest BCUT2D eigenvalue weighted by Gasteiger charge is 2.16. The summed E-state index contributed by atoms with van der Waals surface area (Å²) in [6.07, 6.45) is 5.38. The average Bonchev–Trinajstić information content (AvgIpc) is 2.90. The van der Waals surface area contributed by atoms with Crippen molar-refractivity contribution in [1.82, 2.24) is 18.7 Å². The molecule has 0 spiro atoms. The lowest BCUT2D eigenvalue weighted by molar-refractivity contribution is -0.117. The van der Waals surface area contributed by atoms with E-state index in [1.54, 1.807) is 20.0 Å². The topological polar surface area (TPSA) is 61.8 Å². The van der Waals surface area contributed by atoms with Gasteiger partial charge in [-0.05, 0) is 19.8 Å². The fourth-order valence-corrected chi connectivity index (χ4v) is 3.01. The second kappa shape index (κ2) is 7.68. The van der Waals surface area contributed by atoms with Crippen LogP contribution in [0.4, 0.5) is 0 Å². The summed E-state index contributed by atoms with van der Waals surface area (Å²) < 4.78 is 5.57. The molecule has 2 rings (SSSR count). The van der Waals surface area contributed by atoms with Gasteiger partial charge in [0.2, 0.25) is 0 Å². The molecule has 0 unspecified atom stereocenters. The zero-order valence-electron chi connectivity index (χ0n) is 14.0. The molecular formula is C16H24N4O2S. The molecule has 0 saturated carbocycles. The first-order chi connectivity index (χ1) is 11.0. The summed E-state index contributed by atoms with van der Waals surface area (Å²) in [5, 5.41) is 0. The van der Waals surface area contributed by atoms with Crippen molar-refractivity contribution in [2.24, 2.45) is 0 Å². The molecule has 7 heteroatoms. The molecule has 0 saturated heterocycles. The van der Waals surface area contributed by atoms with Gasteiger partial charge < -0.3 is 4.57 Å². The number of unbranched alkanes of at least 4 members (excludes halogenated alkanes) is 2. The molecule has 0 aromatic carbocycles. The number of rotatable bonds is 8. The lowest BCUT2D eigenvalue weighted by Gasteiger charge is -2.13. The molecule has 0 aliphatic heterocycles. The molecule has 0 aliphatic rings. The first kappa shape index (κ1) is 17.6. The number of carbonyl (C=O) groups excluding carboxylic acids is 1. The number of carbonyl (C=O) groups is 1.